The molecule has 0 saturated heterocycles. The first kappa shape index (κ1) is 75.3. The minimum atomic E-state index is -0.842. The van der Waals surface area contributed by atoms with Crippen LogP contribution in [-0.2, 0) is 14.3 Å². The predicted octanol–water partition coefficient (Wildman–Crippen LogP) is 22.5. The molecule has 0 heterocycles. The van der Waals surface area contributed by atoms with E-state index >= 15 is 0 Å². The van der Waals surface area contributed by atoms with Gasteiger partial charge < -0.3 is 20.3 Å². The largest absolute Gasteiger partial charge is 0.466 e. The second-order valence-electron chi connectivity index (χ2n) is 24.2. The third kappa shape index (κ3) is 63.4. The Balaban J connectivity index is 3.36. The molecule has 0 saturated carbocycles. The number of amides is 1. The highest BCUT2D eigenvalue weighted by molar-refractivity contribution is 5.76. The summed E-state index contributed by atoms with van der Waals surface area (Å²) in [6.07, 6.45) is 84.0. The van der Waals surface area contributed by atoms with Crippen molar-refractivity contribution in [2.45, 2.75) is 405 Å². The summed E-state index contributed by atoms with van der Waals surface area (Å²) in [5, 5.41) is 23.2. The van der Waals surface area contributed by atoms with Gasteiger partial charge in [-0.1, -0.05) is 346 Å². The number of rotatable bonds is 66. The summed E-state index contributed by atoms with van der Waals surface area (Å²) in [5.41, 5.74) is 0. The van der Waals surface area contributed by atoms with Crippen LogP contribution in [0, 0.1) is 0 Å². The molecule has 0 aliphatic rings. The number of esters is 1. The molecule has 456 valence electrons. The van der Waals surface area contributed by atoms with E-state index in [1.807, 2.05) is 6.08 Å². The van der Waals surface area contributed by atoms with Crippen LogP contribution in [0.3, 0.4) is 0 Å². The quantitative estimate of drug-likeness (QED) is 0.0320. The van der Waals surface area contributed by atoms with E-state index in [4.69, 9.17) is 4.74 Å². The molecule has 0 aromatic carbocycles. The SMILES string of the molecule is CCCCCCC/C=C\CCCCCCCC(=O)OCCCCCCCCCCCCCCCCCCCCCCCCCCCCCCC(=O)NC(CO)C(O)/C=C/CCCCCCCCCCCCCCCCCC. The molecule has 6 heteroatoms. The number of hydrogen-bond acceptors (Lipinski definition) is 5. The van der Waals surface area contributed by atoms with Crippen LogP contribution in [-0.4, -0.2) is 47.4 Å². The lowest BCUT2D eigenvalue weighted by Crippen LogP contribution is -2.45. The average Bonchev–Trinajstić information content (AvgIpc) is 3.43. The molecule has 2 atom stereocenters. The van der Waals surface area contributed by atoms with Crippen LogP contribution >= 0.6 is 0 Å². The third-order valence-corrected chi connectivity index (χ3v) is 16.5. The number of unbranched alkanes of at least 4 members (excludes halogenated alkanes) is 53. The lowest BCUT2D eigenvalue weighted by atomic mass is 10.0. The van der Waals surface area contributed by atoms with E-state index in [0.29, 0.717) is 19.4 Å². The maximum Gasteiger partial charge on any atom is 0.305 e. The van der Waals surface area contributed by atoms with Crippen molar-refractivity contribution in [2.24, 2.45) is 0 Å². The highest BCUT2D eigenvalue weighted by atomic mass is 16.5. The minimum absolute atomic E-state index is 0.0105. The molecule has 0 rings (SSSR count). The molecule has 0 radical (unpaired) electrons. The van der Waals surface area contributed by atoms with Crippen molar-refractivity contribution in [3.8, 4) is 0 Å². The number of carbonyl (C=O) groups excluding carboxylic acids is 2. The molecule has 0 spiro atoms. The van der Waals surface area contributed by atoms with Gasteiger partial charge >= 0.3 is 5.97 Å². The molecule has 2 unspecified atom stereocenters. The van der Waals surface area contributed by atoms with Gasteiger partial charge in [0.25, 0.3) is 0 Å². The molecule has 77 heavy (non-hydrogen) atoms. The number of nitrogens with one attached hydrogen (secondary N) is 1. The average molecular weight is 1080 g/mol. The molecular weight excluding hydrogens is 947 g/mol. The third-order valence-electron chi connectivity index (χ3n) is 16.5. The predicted molar refractivity (Wildman–Crippen MR) is 338 cm³/mol. The van der Waals surface area contributed by atoms with Gasteiger partial charge in [0, 0.05) is 12.8 Å². The van der Waals surface area contributed by atoms with E-state index in [2.05, 4.69) is 31.3 Å². The van der Waals surface area contributed by atoms with Gasteiger partial charge in [-0.3, -0.25) is 9.59 Å². The smallest absolute Gasteiger partial charge is 0.305 e. The Bertz CT molecular complexity index is 1200. The number of ether oxygens (including phenoxy) is 1. The van der Waals surface area contributed by atoms with Gasteiger partial charge in [-0.05, 0) is 57.8 Å². The summed E-state index contributed by atoms with van der Waals surface area (Å²) < 4.78 is 5.49. The Morgan fingerprint density at radius 2 is 0.610 bits per heavy atom. The molecule has 1 amide bonds. The van der Waals surface area contributed by atoms with Gasteiger partial charge in [0.2, 0.25) is 5.91 Å². The first-order valence-electron chi connectivity index (χ1n) is 35.1. The monoisotopic (exact) mass is 1080 g/mol. The van der Waals surface area contributed by atoms with Crippen LogP contribution in [0.1, 0.15) is 393 Å². The number of aliphatic hydroxyl groups is 2. The molecule has 0 fully saturated rings. The normalized spacial score (nSPS) is 12.6. The minimum Gasteiger partial charge on any atom is -0.466 e. The van der Waals surface area contributed by atoms with Crippen LogP contribution in [0.15, 0.2) is 24.3 Å². The van der Waals surface area contributed by atoms with Gasteiger partial charge in [-0.2, -0.15) is 0 Å². The molecule has 6 nitrogen and oxygen atoms in total. The molecule has 0 aromatic rings. The first-order valence-corrected chi connectivity index (χ1v) is 35.1. The fraction of sp³-hybridized carbons (Fsp3) is 0.915. The van der Waals surface area contributed by atoms with E-state index in [-0.39, 0.29) is 18.5 Å². The zero-order valence-corrected chi connectivity index (χ0v) is 52.2. The molecule has 0 aliphatic carbocycles. The highest BCUT2D eigenvalue weighted by Crippen LogP contribution is 2.19. The molecule has 0 bridgehead atoms. The summed E-state index contributed by atoms with van der Waals surface area (Å²) in [6.45, 7) is 4.93. The first-order chi connectivity index (χ1) is 38.0. The Hall–Kier alpha value is -1.66. The lowest BCUT2D eigenvalue weighted by molar-refractivity contribution is -0.143. The fourth-order valence-corrected chi connectivity index (χ4v) is 11.1. The fourth-order valence-electron chi connectivity index (χ4n) is 11.1. The maximum atomic E-state index is 12.5. The van der Waals surface area contributed by atoms with E-state index in [1.165, 1.54) is 321 Å². The van der Waals surface area contributed by atoms with E-state index in [1.54, 1.807) is 6.08 Å². The standard InChI is InChI=1S/C71H137NO5/c1-3-5-7-9-11-13-15-17-19-20-33-36-39-43-47-51-55-59-63-69(74)68(67-73)72-70(75)64-60-56-52-48-44-40-37-34-31-29-27-25-23-21-22-24-26-28-30-32-35-38-42-46-50-54-58-62-66-77-71(76)65-61-57-53-49-45-41-18-16-14-12-10-8-6-4-2/h16,18,59,63,68-69,73-74H,3-15,17,19-58,60-62,64-67H2,1-2H3,(H,72,75)/b18-16-,63-59+. The van der Waals surface area contributed by atoms with Gasteiger partial charge in [-0.25, -0.2) is 0 Å². The number of hydrogen-bond donors (Lipinski definition) is 3. The van der Waals surface area contributed by atoms with Gasteiger partial charge in [0.15, 0.2) is 0 Å². The summed E-state index contributed by atoms with van der Waals surface area (Å²) >= 11 is 0. The van der Waals surface area contributed by atoms with E-state index in [9.17, 15) is 19.8 Å². The highest BCUT2D eigenvalue weighted by Gasteiger charge is 2.18. The molecule has 0 aromatic heterocycles. The molecular formula is C71H137NO5. The van der Waals surface area contributed by atoms with Crippen LogP contribution in [0.2, 0.25) is 0 Å². The van der Waals surface area contributed by atoms with Crippen molar-refractivity contribution >= 4 is 11.9 Å². The molecule has 0 aliphatic heterocycles. The number of carbonyl (C=O) groups is 2. The Morgan fingerprint density at radius 1 is 0.351 bits per heavy atom. The lowest BCUT2D eigenvalue weighted by Gasteiger charge is -2.20. The number of aliphatic hydroxyl groups excluding tert-OH is 2. The zero-order valence-electron chi connectivity index (χ0n) is 52.2. The van der Waals surface area contributed by atoms with Crippen molar-refractivity contribution in [1.82, 2.24) is 5.32 Å². The summed E-state index contributed by atoms with van der Waals surface area (Å²) in [6, 6.07) is -0.626. The Morgan fingerprint density at radius 3 is 0.922 bits per heavy atom. The van der Waals surface area contributed by atoms with E-state index in [0.717, 1.165) is 44.9 Å². The molecule has 3 N–H and O–H groups in total. The Labute approximate surface area is 481 Å². The second-order valence-corrected chi connectivity index (χ2v) is 24.2. The van der Waals surface area contributed by atoms with Gasteiger partial charge in [0.05, 0.1) is 25.4 Å². The van der Waals surface area contributed by atoms with Crippen molar-refractivity contribution in [1.29, 1.82) is 0 Å². The van der Waals surface area contributed by atoms with Crippen LogP contribution in [0.25, 0.3) is 0 Å². The van der Waals surface area contributed by atoms with Crippen molar-refractivity contribution in [2.75, 3.05) is 13.2 Å². The summed E-state index contributed by atoms with van der Waals surface area (Å²) in [4.78, 5) is 24.6. The Kier molecular flexibility index (Phi) is 65.4. The maximum absolute atomic E-state index is 12.5. The summed E-state index contributed by atoms with van der Waals surface area (Å²) in [7, 11) is 0. The van der Waals surface area contributed by atoms with E-state index < -0.39 is 12.1 Å². The topological polar surface area (TPSA) is 95.9 Å². The van der Waals surface area contributed by atoms with Gasteiger partial charge in [-0.15, -0.1) is 0 Å². The van der Waals surface area contributed by atoms with Crippen molar-refractivity contribution in [3.05, 3.63) is 24.3 Å². The van der Waals surface area contributed by atoms with Crippen molar-refractivity contribution < 1.29 is 24.5 Å². The second kappa shape index (κ2) is 66.8. The summed E-state index contributed by atoms with van der Waals surface area (Å²) in [5.74, 6) is -0.0509. The van der Waals surface area contributed by atoms with Crippen LogP contribution < -0.4 is 5.32 Å². The van der Waals surface area contributed by atoms with Crippen molar-refractivity contribution in [3.63, 3.8) is 0 Å². The number of allylic oxidation sites excluding steroid dienone is 3. The van der Waals surface area contributed by atoms with Crippen LogP contribution in [0.4, 0.5) is 0 Å². The van der Waals surface area contributed by atoms with Gasteiger partial charge in [0.1, 0.15) is 0 Å². The van der Waals surface area contributed by atoms with Crippen LogP contribution in [0.5, 0.6) is 0 Å². The zero-order chi connectivity index (χ0) is 55.7.